The molecule has 1 fully saturated rings. The number of aromatic nitrogens is 1. The van der Waals surface area contributed by atoms with Crippen LogP contribution in [0.4, 0.5) is 5.13 Å². The summed E-state index contributed by atoms with van der Waals surface area (Å²) in [5, 5.41) is 8.19. The quantitative estimate of drug-likeness (QED) is 0.755. The first-order chi connectivity index (χ1) is 11.0. The molecule has 2 rings (SSSR count). The lowest BCUT2D eigenvalue weighted by Gasteiger charge is -2.33. The summed E-state index contributed by atoms with van der Waals surface area (Å²) in [6, 6.07) is 0. The first kappa shape index (κ1) is 17.8. The number of amides is 2. The highest BCUT2D eigenvalue weighted by atomic mass is 32.1. The molecule has 0 spiro atoms. The molecule has 0 atom stereocenters. The van der Waals surface area contributed by atoms with Crippen molar-refractivity contribution >= 4 is 28.3 Å². The summed E-state index contributed by atoms with van der Waals surface area (Å²) in [5.74, 6) is 0.504. The van der Waals surface area contributed by atoms with Gasteiger partial charge in [-0.2, -0.15) is 0 Å². The van der Waals surface area contributed by atoms with Crippen molar-refractivity contribution < 1.29 is 9.59 Å². The van der Waals surface area contributed by atoms with Crippen molar-refractivity contribution in [3.8, 4) is 0 Å². The van der Waals surface area contributed by atoms with Crippen LogP contribution in [-0.2, 0) is 9.59 Å². The minimum Gasteiger partial charge on any atom is -0.355 e. The van der Waals surface area contributed by atoms with Crippen LogP contribution in [0.25, 0.3) is 0 Å². The molecule has 1 aliphatic rings. The molecule has 8 heteroatoms. The minimum atomic E-state index is -0.0388. The Morgan fingerprint density at radius 1 is 1.17 bits per heavy atom. The number of nitrogens with zero attached hydrogens (tertiary/aromatic N) is 3. The molecular formula is C15H25N5O2S. The molecule has 0 aromatic carbocycles. The summed E-state index contributed by atoms with van der Waals surface area (Å²) in [4.78, 5) is 32.0. The molecule has 1 aliphatic heterocycles. The molecular weight excluding hydrogens is 314 g/mol. The highest BCUT2D eigenvalue weighted by molar-refractivity contribution is 7.13. The maximum atomic E-state index is 11.9. The van der Waals surface area contributed by atoms with Gasteiger partial charge in [0, 0.05) is 44.3 Å². The second-order valence-corrected chi connectivity index (χ2v) is 7.03. The zero-order chi connectivity index (χ0) is 16.7. The van der Waals surface area contributed by atoms with Gasteiger partial charge in [0.25, 0.3) is 0 Å². The number of nitrogens with one attached hydrogen (secondary N) is 2. The number of carbonyl (C=O) groups excluding carboxylic acids is 2. The van der Waals surface area contributed by atoms with Gasteiger partial charge in [0.05, 0.1) is 13.1 Å². The molecule has 2 N–H and O–H groups in total. The number of rotatable bonds is 7. The fraction of sp³-hybridized carbons (Fsp3) is 0.667. The third kappa shape index (κ3) is 6.64. The molecule has 1 aromatic rings. The van der Waals surface area contributed by atoms with Gasteiger partial charge in [0.15, 0.2) is 5.13 Å². The molecule has 2 heterocycles. The number of hydrogen-bond acceptors (Lipinski definition) is 6. The van der Waals surface area contributed by atoms with E-state index in [9.17, 15) is 9.59 Å². The lowest BCUT2D eigenvalue weighted by atomic mass is 10.2. The van der Waals surface area contributed by atoms with Crippen molar-refractivity contribution in [2.75, 3.05) is 51.1 Å². The third-order valence-electron chi connectivity index (χ3n) is 3.59. The van der Waals surface area contributed by atoms with Crippen molar-refractivity contribution in [1.29, 1.82) is 0 Å². The van der Waals surface area contributed by atoms with E-state index in [0.29, 0.717) is 24.1 Å². The predicted molar refractivity (Wildman–Crippen MR) is 91.5 cm³/mol. The summed E-state index contributed by atoms with van der Waals surface area (Å²) >= 11 is 1.41. The molecule has 0 saturated carbocycles. The van der Waals surface area contributed by atoms with Crippen LogP contribution in [0.2, 0.25) is 0 Å². The van der Waals surface area contributed by atoms with E-state index in [1.54, 1.807) is 6.20 Å². The predicted octanol–water partition coefficient (Wildman–Crippen LogP) is 0.471. The number of hydrogen-bond donors (Lipinski definition) is 2. The number of anilines is 1. The summed E-state index contributed by atoms with van der Waals surface area (Å²) in [6.07, 6.45) is 1.67. The van der Waals surface area contributed by atoms with Crippen molar-refractivity contribution in [2.24, 2.45) is 5.92 Å². The van der Waals surface area contributed by atoms with E-state index in [1.165, 1.54) is 11.3 Å². The molecule has 1 aromatic heterocycles. The SMILES string of the molecule is CC(C)CNC(=O)CN1CCN(CC(=O)Nc2nccs2)CC1. The molecule has 2 amide bonds. The summed E-state index contributed by atoms with van der Waals surface area (Å²) in [7, 11) is 0. The number of carbonyl (C=O) groups is 2. The molecule has 0 radical (unpaired) electrons. The summed E-state index contributed by atoms with van der Waals surface area (Å²) in [5.41, 5.74) is 0. The van der Waals surface area contributed by atoms with Crippen molar-refractivity contribution in [3.05, 3.63) is 11.6 Å². The van der Waals surface area contributed by atoms with E-state index in [2.05, 4.69) is 39.3 Å². The Morgan fingerprint density at radius 3 is 2.30 bits per heavy atom. The largest absolute Gasteiger partial charge is 0.355 e. The molecule has 1 saturated heterocycles. The fourth-order valence-corrected chi connectivity index (χ4v) is 2.87. The van der Waals surface area contributed by atoms with Gasteiger partial charge in [-0.05, 0) is 5.92 Å². The standard InChI is InChI=1S/C15H25N5O2S/c1-12(2)9-17-13(21)10-19-4-6-20(7-5-19)11-14(22)18-15-16-3-8-23-15/h3,8,12H,4-7,9-11H2,1-2H3,(H,17,21)(H,16,18,22). The Kier molecular flexibility index (Phi) is 6.94. The molecule has 0 bridgehead atoms. The van der Waals surface area contributed by atoms with Crippen LogP contribution in [0, 0.1) is 5.92 Å². The normalized spacial score (nSPS) is 16.5. The van der Waals surface area contributed by atoms with Crippen LogP contribution in [-0.4, -0.2) is 72.4 Å². The van der Waals surface area contributed by atoms with Gasteiger partial charge in [-0.3, -0.25) is 19.4 Å². The minimum absolute atomic E-state index is 0.0388. The fourth-order valence-electron chi connectivity index (χ4n) is 2.33. The van der Waals surface area contributed by atoms with Gasteiger partial charge in [0.2, 0.25) is 11.8 Å². The number of piperazine rings is 1. The van der Waals surface area contributed by atoms with E-state index < -0.39 is 0 Å². The van der Waals surface area contributed by atoms with Crippen molar-refractivity contribution in [3.63, 3.8) is 0 Å². The zero-order valence-electron chi connectivity index (χ0n) is 13.7. The Labute approximate surface area is 141 Å². The van der Waals surface area contributed by atoms with E-state index in [0.717, 1.165) is 32.7 Å². The van der Waals surface area contributed by atoms with E-state index in [-0.39, 0.29) is 11.8 Å². The Bertz CT molecular complexity index is 498. The smallest absolute Gasteiger partial charge is 0.240 e. The molecule has 0 aliphatic carbocycles. The lowest BCUT2D eigenvalue weighted by molar-refractivity contribution is -0.123. The van der Waals surface area contributed by atoms with Gasteiger partial charge in [-0.25, -0.2) is 4.98 Å². The van der Waals surface area contributed by atoms with Crippen LogP contribution < -0.4 is 10.6 Å². The van der Waals surface area contributed by atoms with Gasteiger partial charge < -0.3 is 10.6 Å². The Morgan fingerprint density at radius 2 is 1.78 bits per heavy atom. The van der Waals surface area contributed by atoms with E-state index >= 15 is 0 Å². The van der Waals surface area contributed by atoms with Gasteiger partial charge >= 0.3 is 0 Å². The Balaban J connectivity index is 1.63. The van der Waals surface area contributed by atoms with Crippen molar-refractivity contribution in [1.82, 2.24) is 20.1 Å². The molecule has 7 nitrogen and oxygen atoms in total. The number of thiazole rings is 1. The second-order valence-electron chi connectivity index (χ2n) is 6.14. The third-order valence-corrected chi connectivity index (χ3v) is 4.27. The molecule has 0 unspecified atom stereocenters. The van der Waals surface area contributed by atoms with Crippen LogP contribution in [0.1, 0.15) is 13.8 Å². The molecule has 23 heavy (non-hydrogen) atoms. The second kappa shape index (κ2) is 8.95. The molecule has 128 valence electrons. The first-order valence-electron chi connectivity index (χ1n) is 7.93. The van der Waals surface area contributed by atoms with Crippen LogP contribution in [0.3, 0.4) is 0 Å². The highest BCUT2D eigenvalue weighted by Gasteiger charge is 2.20. The lowest BCUT2D eigenvalue weighted by Crippen LogP contribution is -2.51. The van der Waals surface area contributed by atoms with E-state index in [1.807, 2.05) is 5.38 Å². The van der Waals surface area contributed by atoms with Gasteiger partial charge in [0.1, 0.15) is 0 Å². The summed E-state index contributed by atoms with van der Waals surface area (Å²) < 4.78 is 0. The van der Waals surface area contributed by atoms with Gasteiger partial charge in [-0.1, -0.05) is 13.8 Å². The van der Waals surface area contributed by atoms with Crippen molar-refractivity contribution in [2.45, 2.75) is 13.8 Å². The monoisotopic (exact) mass is 339 g/mol. The summed E-state index contributed by atoms with van der Waals surface area (Å²) in [6.45, 7) is 8.88. The maximum Gasteiger partial charge on any atom is 0.240 e. The average Bonchev–Trinajstić information content (AvgIpc) is 3.00. The van der Waals surface area contributed by atoms with Gasteiger partial charge in [-0.15, -0.1) is 11.3 Å². The van der Waals surface area contributed by atoms with E-state index in [4.69, 9.17) is 0 Å². The maximum absolute atomic E-state index is 11.9. The Hall–Kier alpha value is -1.51. The van der Waals surface area contributed by atoms with Crippen LogP contribution >= 0.6 is 11.3 Å². The highest BCUT2D eigenvalue weighted by Crippen LogP contribution is 2.10. The van der Waals surface area contributed by atoms with Crippen LogP contribution in [0.15, 0.2) is 11.6 Å². The first-order valence-corrected chi connectivity index (χ1v) is 8.81. The average molecular weight is 339 g/mol. The van der Waals surface area contributed by atoms with Crippen LogP contribution in [0.5, 0.6) is 0 Å². The topological polar surface area (TPSA) is 77.6 Å². The zero-order valence-corrected chi connectivity index (χ0v) is 14.6.